The number of rotatable bonds is 13. The highest BCUT2D eigenvalue weighted by Gasteiger charge is 2.31. The molecule has 0 unspecified atom stereocenters. The summed E-state index contributed by atoms with van der Waals surface area (Å²) in [6, 6.07) is 14.8. The molecule has 3 N–H and O–H groups in total. The molecule has 0 aliphatic heterocycles. The van der Waals surface area contributed by atoms with Crippen LogP contribution in [0.1, 0.15) is 5.69 Å². The van der Waals surface area contributed by atoms with Crippen LogP contribution < -0.4 is 13.8 Å². The van der Waals surface area contributed by atoms with Gasteiger partial charge in [-0.3, -0.25) is 13.9 Å². The summed E-state index contributed by atoms with van der Waals surface area (Å²) >= 11 is 6.39. The van der Waals surface area contributed by atoms with E-state index in [0.29, 0.717) is 15.8 Å². The Bertz CT molecular complexity index is 1870. The molecule has 1 heterocycles. The first-order chi connectivity index (χ1) is 20.3. The quantitative estimate of drug-likeness (QED) is 0.194. The molecular formula is C27H26ClN3O10S2. The van der Waals surface area contributed by atoms with Gasteiger partial charge in [0, 0.05) is 11.1 Å². The number of methoxy groups -OCH3 is 2. The number of aliphatic carboxylic acids is 2. The third kappa shape index (κ3) is 6.69. The van der Waals surface area contributed by atoms with Gasteiger partial charge in [-0.25, -0.2) is 16.8 Å². The molecule has 4 rings (SSSR count). The normalized spacial score (nSPS) is 11.9. The lowest BCUT2D eigenvalue weighted by molar-refractivity contribution is -0.137. The van der Waals surface area contributed by atoms with Gasteiger partial charge in [-0.2, -0.15) is 4.31 Å². The van der Waals surface area contributed by atoms with Crippen molar-refractivity contribution in [1.29, 1.82) is 0 Å². The summed E-state index contributed by atoms with van der Waals surface area (Å²) in [5.74, 6) is -2.06. The Morgan fingerprint density at radius 3 is 1.79 bits per heavy atom. The maximum Gasteiger partial charge on any atom is 0.324 e. The molecule has 0 atom stereocenters. The van der Waals surface area contributed by atoms with E-state index in [1.54, 1.807) is 0 Å². The standard InChI is InChI=1S/C27H26ClN3O10S2/c1-40-18-3-7-20(8-4-18)42(36,37)30(15-25(32)33)14-17-13-22-24(12-11-23(28)27(22)29-17)31(16-26(34)35)43(38,39)21-9-5-19(41-2)6-10-21/h3-13,29H,14-16H2,1-2H3,(H,32,33)(H,34,35). The molecule has 13 nitrogen and oxygen atoms in total. The van der Waals surface area contributed by atoms with Crippen molar-refractivity contribution >= 4 is 60.2 Å². The Morgan fingerprint density at radius 1 is 0.791 bits per heavy atom. The number of nitrogens with zero attached hydrogens (tertiary/aromatic N) is 2. The molecule has 0 bridgehead atoms. The number of aromatic nitrogens is 1. The lowest BCUT2D eigenvalue weighted by Crippen LogP contribution is -2.36. The van der Waals surface area contributed by atoms with Gasteiger partial charge in [0.2, 0.25) is 10.0 Å². The first kappa shape index (κ1) is 31.6. The van der Waals surface area contributed by atoms with Crippen molar-refractivity contribution < 1.29 is 46.1 Å². The van der Waals surface area contributed by atoms with Crippen LogP contribution >= 0.6 is 11.6 Å². The van der Waals surface area contributed by atoms with Crippen LogP contribution in [0.15, 0.2) is 76.5 Å². The number of carboxylic acids is 2. The zero-order valence-corrected chi connectivity index (χ0v) is 25.1. The van der Waals surface area contributed by atoms with E-state index in [-0.39, 0.29) is 37.1 Å². The molecule has 16 heteroatoms. The van der Waals surface area contributed by atoms with Crippen molar-refractivity contribution in [2.45, 2.75) is 16.3 Å². The summed E-state index contributed by atoms with van der Waals surface area (Å²) in [7, 11) is -5.93. The maximum atomic E-state index is 13.7. The molecule has 0 spiro atoms. The monoisotopic (exact) mass is 651 g/mol. The fraction of sp³-hybridized carbons (Fsp3) is 0.185. The minimum absolute atomic E-state index is 0.0529. The largest absolute Gasteiger partial charge is 0.497 e. The molecule has 0 saturated carbocycles. The van der Waals surface area contributed by atoms with E-state index in [2.05, 4.69) is 4.98 Å². The molecule has 0 aliphatic rings. The van der Waals surface area contributed by atoms with Crippen LogP contribution in [-0.2, 0) is 36.2 Å². The topological polar surface area (TPSA) is 184 Å². The second-order valence-corrected chi connectivity index (χ2v) is 13.3. The number of aromatic amines is 1. The highest BCUT2D eigenvalue weighted by molar-refractivity contribution is 7.93. The van der Waals surface area contributed by atoms with Gasteiger partial charge in [0.25, 0.3) is 10.0 Å². The van der Waals surface area contributed by atoms with Crippen LogP contribution in [0.5, 0.6) is 11.5 Å². The lowest BCUT2D eigenvalue weighted by atomic mass is 10.2. The Labute approximate surface area is 251 Å². The van der Waals surface area contributed by atoms with Crippen molar-refractivity contribution in [3.05, 3.63) is 77.4 Å². The fourth-order valence-electron chi connectivity index (χ4n) is 4.29. The fourth-order valence-corrected chi connectivity index (χ4v) is 7.30. The first-order valence-electron chi connectivity index (χ1n) is 12.3. The molecule has 0 radical (unpaired) electrons. The predicted molar refractivity (Wildman–Crippen MR) is 157 cm³/mol. The van der Waals surface area contributed by atoms with Gasteiger partial charge in [0.15, 0.2) is 0 Å². The number of hydrogen-bond donors (Lipinski definition) is 3. The number of carboxylic acid groups (broad SMARTS) is 2. The number of ether oxygens (including phenoxy) is 2. The van der Waals surface area contributed by atoms with Gasteiger partial charge in [0.05, 0.1) is 46.8 Å². The van der Waals surface area contributed by atoms with Crippen LogP contribution in [0, 0.1) is 0 Å². The van der Waals surface area contributed by atoms with Gasteiger partial charge in [0.1, 0.15) is 24.6 Å². The van der Waals surface area contributed by atoms with E-state index in [4.69, 9.17) is 21.1 Å². The van der Waals surface area contributed by atoms with E-state index in [9.17, 15) is 36.6 Å². The molecule has 0 fully saturated rings. The Morgan fingerprint density at radius 2 is 1.30 bits per heavy atom. The van der Waals surface area contributed by atoms with Crippen molar-refractivity contribution in [3.8, 4) is 11.5 Å². The molecule has 0 aliphatic carbocycles. The molecule has 1 aromatic heterocycles. The van der Waals surface area contributed by atoms with E-state index in [0.717, 1.165) is 4.31 Å². The number of nitrogens with one attached hydrogen (secondary N) is 1. The number of sulfonamides is 2. The summed E-state index contributed by atoms with van der Waals surface area (Å²) in [5, 5.41) is 19.4. The smallest absolute Gasteiger partial charge is 0.324 e. The Hall–Kier alpha value is -4.31. The SMILES string of the molecule is COc1ccc(S(=O)(=O)N(CC(=O)O)Cc2cc3c(N(CC(=O)O)S(=O)(=O)c4ccc(OC)cc4)ccc(Cl)c3[nH]2)cc1. The number of carbonyl (C=O) groups is 2. The molecule has 43 heavy (non-hydrogen) atoms. The maximum absolute atomic E-state index is 13.7. The van der Waals surface area contributed by atoms with Crippen LogP contribution in [0.25, 0.3) is 10.9 Å². The van der Waals surface area contributed by atoms with Crippen molar-refractivity contribution in [3.63, 3.8) is 0 Å². The van der Waals surface area contributed by atoms with Crippen LogP contribution in [0.3, 0.4) is 0 Å². The molecule has 4 aromatic rings. The number of H-pyrrole nitrogens is 1. The minimum Gasteiger partial charge on any atom is -0.497 e. The molecule has 0 amide bonds. The van der Waals surface area contributed by atoms with Crippen molar-refractivity contribution in [1.82, 2.24) is 9.29 Å². The number of halogens is 1. The highest BCUT2D eigenvalue weighted by atomic mass is 35.5. The zero-order chi connectivity index (χ0) is 31.5. The molecule has 228 valence electrons. The summed E-state index contributed by atoms with van der Waals surface area (Å²) in [5.41, 5.74) is 0.300. The number of hydrogen-bond acceptors (Lipinski definition) is 8. The zero-order valence-electron chi connectivity index (χ0n) is 22.7. The van der Waals surface area contributed by atoms with Crippen molar-refractivity contribution in [2.24, 2.45) is 0 Å². The van der Waals surface area contributed by atoms with E-state index < -0.39 is 51.6 Å². The number of fused-ring (bicyclic) bond motifs is 1. The van der Waals surface area contributed by atoms with Gasteiger partial charge in [-0.05, 0) is 66.7 Å². The number of benzene rings is 3. The minimum atomic E-state index is -4.43. The van der Waals surface area contributed by atoms with Crippen molar-refractivity contribution in [2.75, 3.05) is 31.6 Å². The third-order valence-electron chi connectivity index (χ3n) is 6.33. The Kier molecular flexibility index (Phi) is 9.20. The van der Waals surface area contributed by atoms with E-state index >= 15 is 0 Å². The van der Waals surface area contributed by atoms with Gasteiger partial charge in [-0.1, -0.05) is 11.6 Å². The molecular weight excluding hydrogens is 626 g/mol. The van der Waals surface area contributed by atoms with Crippen LogP contribution in [0.4, 0.5) is 5.69 Å². The van der Waals surface area contributed by atoms with Crippen LogP contribution in [-0.4, -0.2) is 75.6 Å². The Balaban J connectivity index is 1.80. The van der Waals surface area contributed by atoms with Gasteiger partial charge >= 0.3 is 11.9 Å². The summed E-state index contributed by atoms with van der Waals surface area (Å²) < 4.78 is 65.7. The second-order valence-electron chi connectivity index (χ2n) is 9.07. The summed E-state index contributed by atoms with van der Waals surface area (Å²) in [6.45, 7) is -2.29. The first-order valence-corrected chi connectivity index (χ1v) is 15.6. The highest BCUT2D eigenvalue weighted by Crippen LogP contribution is 2.36. The third-order valence-corrected chi connectivity index (χ3v) is 10.2. The summed E-state index contributed by atoms with van der Waals surface area (Å²) in [6.07, 6.45) is 0. The average molecular weight is 652 g/mol. The average Bonchev–Trinajstić information content (AvgIpc) is 3.40. The van der Waals surface area contributed by atoms with Gasteiger partial charge < -0.3 is 24.7 Å². The summed E-state index contributed by atoms with van der Waals surface area (Å²) in [4.78, 5) is 26.0. The van der Waals surface area contributed by atoms with E-state index in [1.165, 1.54) is 80.9 Å². The van der Waals surface area contributed by atoms with Gasteiger partial charge in [-0.15, -0.1) is 0 Å². The van der Waals surface area contributed by atoms with E-state index in [1.807, 2.05) is 0 Å². The predicted octanol–water partition coefficient (Wildman–Crippen LogP) is 3.39. The molecule has 0 saturated heterocycles. The second kappa shape index (κ2) is 12.5. The lowest BCUT2D eigenvalue weighted by Gasteiger charge is -2.24. The van der Waals surface area contributed by atoms with Crippen LogP contribution in [0.2, 0.25) is 5.02 Å². The molecule has 3 aromatic carbocycles. The number of anilines is 1.